The maximum absolute atomic E-state index is 12.5. The summed E-state index contributed by atoms with van der Waals surface area (Å²) in [5, 5.41) is 10.2. The Labute approximate surface area is 160 Å². The van der Waals surface area contributed by atoms with Crippen LogP contribution in [0.2, 0.25) is 0 Å². The van der Waals surface area contributed by atoms with Crippen molar-refractivity contribution in [3.8, 4) is 0 Å². The second kappa shape index (κ2) is 8.05. The number of aromatic nitrogens is 4. The van der Waals surface area contributed by atoms with Gasteiger partial charge in [0.05, 0.1) is 18.0 Å². The SMILES string of the molecule is O=C(Cn1nc2c(c1NC(=O)c1cnccn1)CSC2)NCC1CCCO1. The number of amides is 2. The molecule has 2 aliphatic heterocycles. The van der Waals surface area contributed by atoms with Crippen LogP contribution in [-0.2, 0) is 27.6 Å². The van der Waals surface area contributed by atoms with Crippen molar-refractivity contribution in [3.63, 3.8) is 0 Å². The van der Waals surface area contributed by atoms with Crippen LogP contribution in [0.15, 0.2) is 18.6 Å². The molecule has 1 fully saturated rings. The van der Waals surface area contributed by atoms with E-state index in [0.717, 1.165) is 42.2 Å². The Kier molecular flexibility index (Phi) is 5.35. The third-order valence-electron chi connectivity index (χ3n) is 4.49. The molecule has 0 aromatic carbocycles. The van der Waals surface area contributed by atoms with Crippen LogP contribution < -0.4 is 10.6 Å². The van der Waals surface area contributed by atoms with Gasteiger partial charge < -0.3 is 15.4 Å². The third kappa shape index (κ3) is 4.11. The number of rotatable bonds is 6. The van der Waals surface area contributed by atoms with E-state index in [0.29, 0.717) is 12.4 Å². The smallest absolute Gasteiger partial charge is 0.277 e. The predicted molar refractivity (Wildman–Crippen MR) is 99.2 cm³/mol. The van der Waals surface area contributed by atoms with E-state index in [1.54, 1.807) is 16.4 Å². The van der Waals surface area contributed by atoms with Crippen molar-refractivity contribution in [1.82, 2.24) is 25.1 Å². The topological polar surface area (TPSA) is 111 Å². The average Bonchev–Trinajstić information content (AvgIpc) is 3.41. The maximum Gasteiger partial charge on any atom is 0.277 e. The highest BCUT2D eigenvalue weighted by Crippen LogP contribution is 2.34. The summed E-state index contributed by atoms with van der Waals surface area (Å²) < 4.78 is 7.08. The molecule has 0 bridgehead atoms. The number of hydrogen-bond donors (Lipinski definition) is 2. The van der Waals surface area contributed by atoms with Crippen LogP contribution in [0.3, 0.4) is 0 Å². The zero-order chi connectivity index (χ0) is 18.6. The molecule has 2 N–H and O–H groups in total. The lowest BCUT2D eigenvalue weighted by Gasteiger charge is -2.13. The summed E-state index contributed by atoms with van der Waals surface area (Å²) in [4.78, 5) is 32.7. The number of nitrogens with one attached hydrogen (secondary N) is 2. The van der Waals surface area contributed by atoms with Crippen LogP contribution in [0.5, 0.6) is 0 Å². The van der Waals surface area contributed by atoms with E-state index in [1.807, 2.05) is 0 Å². The van der Waals surface area contributed by atoms with E-state index in [1.165, 1.54) is 18.6 Å². The summed E-state index contributed by atoms with van der Waals surface area (Å²) >= 11 is 1.73. The van der Waals surface area contributed by atoms with Gasteiger partial charge in [0, 0.05) is 42.6 Å². The molecule has 2 aliphatic rings. The molecule has 142 valence electrons. The molecule has 9 nitrogen and oxygen atoms in total. The van der Waals surface area contributed by atoms with Crippen LogP contribution in [0.1, 0.15) is 34.6 Å². The molecule has 0 saturated carbocycles. The summed E-state index contributed by atoms with van der Waals surface area (Å²) in [5.74, 6) is 1.55. The molecule has 2 aromatic heterocycles. The first kappa shape index (κ1) is 17.9. The second-order valence-electron chi connectivity index (χ2n) is 6.41. The molecule has 2 aromatic rings. The van der Waals surface area contributed by atoms with Gasteiger partial charge in [-0.1, -0.05) is 0 Å². The van der Waals surface area contributed by atoms with E-state index >= 15 is 0 Å². The van der Waals surface area contributed by atoms with Crippen LogP contribution in [0.4, 0.5) is 5.82 Å². The average molecular weight is 388 g/mol. The Balaban J connectivity index is 1.46. The highest BCUT2D eigenvalue weighted by atomic mass is 32.2. The molecule has 1 unspecified atom stereocenters. The molecule has 4 heterocycles. The molecule has 1 atom stereocenters. The van der Waals surface area contributed by atoms with Gasteiger partial charge in [-0.3, -0.25) is 14.6 Å². The van der Waals surface area contributed by atoms with Crippen molar-refractivity contribution in [2.24, 2.45) is 0 Å². The van der Waals surface area contributed by atoms with Crippen LogP contribution in [0.25, 0.3) is 0 Å². The van der Waals surface area contributed by atoms with E-state index in [4.69, 9.17) is 4.74 Å². The Morgan fingerprint density at radius 1 is 1.33 bits per heavy atom. The van der Waals surface area contributed by atoms with Crippen molar-refractivity contribution in [1.29, 1.82) is 0 Å². The first-order valence-electron chi connectivity index (χ1n) is 8.82. The van der Waals surface area contributed by atoms with Crippen LogP contribution >= 0.6 is 11.8 Å². The largest absolute Gasteiger partial charge is 0.376 e. The number of carbonyl (C=O) groups excluding carboxylic acids is 2. The Bertz CT molecular complexity index is 835. The van der Waals surface area contributed by atoms with E-state index in [9.17, 15) is 9.59 Å². The molecule has 0 spiro atoms. The fraction of sp³-hybridized carbons (Fsp3) is 0.471. The lowest BCUT2D eigenvalue weighted by Crippen LogP contribution is -2.34. The van der Waals surface area contributed by atoms with E-state index in [2.05, 4.69) is 25.7 Å². The molecular weight excluding hydrogens is 368 g/mol. The lowest BCUT2D eigenvalue weighted by molar-refractivity contribution is -0.122. The summed E-state index contributed by atoms with van der Waals surface area (Å²) in [6.07, 6.45) is 6.46. The first-order valence-corrected chi connectivity index (χ1v) is 9.98. The van der Waals surface area contributed by atoms with Gasteiger partial charge in [-0.05, 0) is 12.8 Å². The van der Waals surface area contributed by atoms with Crippen LogP contribution in [0, 0.1) is 0 Å². The number of nitrogens with zero attached hydrogens (tertiary/aromatic N) is 4. The molecule has 27 heavy (non-hydrogen) atoms. The van der Waals surface area contributed by atoms with Gasteiger partial charge in [-0.25, -0.2) is 9.67 Å². The third-order valence-corrected chi connectivity index (χ3v) is 5.46. The normalized spacial score (nSPS) is 18.3. The fourth-order valence-electron chi connectivity index (χ4n) is 3.13. The number of fused-ring (bicyclic) bond motifs is 1. The molecule has 10 heteroatoms. The second-order valence-corrected chi connectivity index (χ2v) is 7.39. The van der Waals surface area contributed by atoms with Gasteiger partial charge in [0.25, 0.3) is 5.91 Å². The number of thioether (sulfide) groups is 1. The van der Waals surface area contributed by atoms with Gasteiger partial charge >= 0.3 is 0 Å². The van der Waals surface area contributed by atoms with Gasteiger partial charge in [-0.15, -0.1) is 0 Å². The first-order chi connectivity index (χ1) is 13.2. The quantitative estimate of drug-likeness (QED) is 0.758. The zero-order valence-electron chi connectivity index (χ0n) is 14.7. The minimum atomic E-state index is -0.372. The summed E-state index contributed by atoms with van der Waals surface area (Å²) in [6.45, 7) is 1.29. The number of anilines is 1. The van der Waals surface area contributed by atoms with Crippen molar-refractivity contribution in [2.75, 3.05) is 18.5 Å². The highest BCUT2D eigenvalue weighted by molar-refractivity contribution is 7.98. The Morgan fingerprint density at radius 2 is 2.26 bits per heavy atom. The minimum Gasteiger partial charge on any atom is -0.376 e. The maximum atomic E-state index is 12.5. The Hall–Kier alpha value is -2.46. The van der Waals surface area contributed by atoms with Gasteiger partial charge in [0.2, 0.25) is 5.91 Å². The standard InChI is InChI=1S/C17H20N6O3S/c24-15(20-6-11-2-1-5-26-11)8-23-16(12-9-27-10-14(12)22-23)21-17(25)13-7-18-3-4-19-13/h3-4,7,11H,1-2,5-6,8-10H2,(H,20,24)(H,21,25). The van der Waals surface area contributed by atoms with E-state index < -0.39 is 0 Å². The van der Waals surface area contributed by atoms with Crippen LogP contribution in [-0.4, -0.2) is 50.8 Å². The zero-order valence-corrected chi connectivity index (χ0v) is 15.5. The lowest BCUT2D eigenvalue weighted by atomic mass is 10.2. The highest BCUT2D eigenvalue weighted by Gasteiger charge is 2.26. The van der Waals surface area contributed by atoms with E-state index in [-0.39, 0.29) is 30.2 Å². The number of hydrogen-bond acceptors (Lipinski definition) is 7. The number of carbonyl (C=O) groups is 2. The molecule has 2 amide bonds. The summed E-state index contributed by atoms with van der Waals surface area (Å²) in [6, 6.07) is 0. The van der Waals surface area contributed by atoms with Gasteiger partial charge in [-0.2, -0.15) is 16.9 Å². The van der Waals surface area contributed by atoms with Crippen molar-refractivity contribution in [3.05, 3.63) is 35.5 Å². The molecule has 1 saturated heterocycles. The van der Waals surface area contributed by atoms with Gasteiger partial charge in [0.15, 0.2) is 0 Å². The predicted octanol–water partition coefficient (Wildman–Crippen LogP) is 0.967. The monoisotopic (exact) mass is 388 g/mol. The minimum absolute atomic E-state index is 0.0421. The summed E-state index contributed by atoms with van der Waals surface area (Å²) in [5.41, 5.74) is 2.08. The van der Waals surface area contributed by atoms with Crippen molar-refractivity contribution < 1.29 is 14.3 Å². The van der Waals surface area contributed by atoms with Crippen molar-refractivity contribution >= 4 is 29.4 Å². The fourth-order valence-corrected chi connectivity index (χ4v) is 4.17. The Morgan fingerprint density at radius 3 is 3.04 bits per heavy atom. The molecule has 4 rings (SSSR count). The van der Waals surface area contributed by atoms with Gasteiger partial charge in [0.1, 0.15) is 18.1 Å². The molecule has 0 radical (unpaired) electrons. The van der Waals surface area contributed by atoms with Crippen molar-refractivity contribution in [2.45, 2.75) is 37.0 Å². The molecule has 0 aliphatic carbocycles. The molecular formula is C17H20N6O3S. The number of ether oxygens (including phenoxy) is 1. The summed E-state index contributed by atoms with van der Waals surface area (Å²) in [7, 11) is 0.